The van der Waals surface area contributed by atoms with Crippen molar-refractivity contribution in [2.45, 2.75) is 26.8 Å². The zero-order chi connectivity index (χ0) is 24.3. The van der Waals surface area contributed by atoms with Gasteiger partial charge in [0.1, 0.15) is 0 Å². The molecule has 6 nitrogen and oxygen atoms in total. The van der Waals surface area contributed by atoms with Crippen LogP contribution in [0.15, 0.2) is 36.4 Å². The molecule has 1 N–H and O–H groups in total. The van der Waals surface area contributed by atoms with Gasteiger partial charge in [0.05, 0.1) is 17.9 Å². The minimum atomic E-state index is -1.52. The first-order valence-corrected chi connectivity index (χ1v) is 10.6. The highest BCUT2D eigenvalue weighted by atomic mass is 19.2. The first kappa shape index (κ1) is 24.0. The van der Waals surface area contributed by atoms with Gasteiger partial charge in [-0.05, 0) is 36.8 Å². The number of amides is 2. The van der Waals surface area contributed by atoms with Crippen molar-refractivity contribution >= 4 is 11.8 Å². The number of nitrogens with zero attached hydrogens (tertiary/aromatic N) is 3. The fourth-order valence-corrected chi connectivity index (χ4v) is 3.87. The standard InChI is InChI=1S/C22H19F3N4O2.C2H6/c1-26-21(30)12-4-3-5-13(8-12)22(31)29-7-6-15-18(11-29)27-28(2)20(15)14-9-16(23)19(25)17(24)10-14;1-2/h3-5,8-10H,6-7,11H2,1-2H3,(H,26,30);1-2H3. The Balaban J connectivity index is 0.00000149. The Labute approximate surface area is 190 Å². The lowest BCUT2D eigenvalue weighted by atomic mass is 9.99. The SMILES string of the molecule is CC.CNC(=O)c1cccc(C(=O)N2CCc3c(nn(C)c3-c3cc(F)c(F)c(F)c3)C2)c1. The second-order valence-corrected chi connectivity index (χ2v) is 7.29. The van der Waals surface area contributed by atoms with Crippen molar-refractivity contribution in [1.29, 1.82) is 0 Å². The van der Waals surface area contributed by atoms with E-state index in [9.17, 15) is 22.8 Å². The third-order valence-corrected chi connectivity index (χ3v) is 5.34. The molecule has 0 spiro atoms. The Morgan fingerprint density at radius 1 is 1.03 bits per heavy atom. The Kier molecular flexibility index (Phi) is 7.20. The molecule has 174 valence electrons. The Bertz CT molecular complexity index is 1180. The summed E-state index contributed by atoms with van der Waals surface area (Å²) in [6.45, 7) is 4.57. The first-order valence-electron chi connectivity index (χ1n) is 10.6. The molecule has 2 aromatic carbocycles. The molecule has 0 radical (unpaired) electrons. The van der Waals surface area contributed by atoms with Crippen LogP contribution in [0.3, 0.4) is 0 Å². The van der Waals surface area contributed by atoms with Crippen molar-refractivity contribution in [3.05, 3.63) is 76.2 Å². The molecule has 33 heavy (non-hydrogen) atoms. The smallest absolute Gasteiger partial charge is 0.254 e. The third kappa shape index (κ3) is 4.62. The average Bonchev–Trinajstić information content (AvgIpc) is 3.17. The van der Waals surface area contributed by atoms with Crippen LogP contribution in [0.5, 0.6) is 0 Å². The van der Waals surface area contributed by atoms with E-state index in [2.05, 4.69) is 10.4 Å². The van der Waals surface area contributed by atoms with Crippen LogP contribution in [0.2, 0.25) is 0 Å². The van der Waals surface area contributed by atoms with Gasteiger partial charge in [0, 0.05) is 42.9 Å². The highest BCUT2D eigenvalue weighted by molar-refractivity contribution is 5.99. The Morgan fingerprint density at radius 3 is 2.30 bits per heavy atom. The number of carbonyl (C=O) groups excluding carboxylic acids is 2. The van der Waals surface area contributed by atoms with E-state index in [1.807, 2.05) is 13.8 Å². The van der Waals surface area contributed by atoms with Gasteiger partial charge in [0.2, 0.25) is 0 Å². The van der Waals surface area contributed by atoms with Crippen LogP contribution in [0, 0.1) is 17.5 Å². The van der Waals surface area contributed by atoms with E-state index in [0.717, 1.165) is 17.7 Å². The van der Waals surface area contributed by atoms with Crippen LogP contribution in [0.4, 0.5) is 13.2 Å². The van der Waals surface area contributed by atoms with Crippen molar-refractivity contribution in [3.8, 4) is 11.3 Å². The number of aromatic nitrogens is 2. The summed E-state index contributed by atoms with van der Waals surface area (Å²) in [7, 11) is 3.15. The summed E-state index contributed by atoms with van der Waals surface area (Å²) < 4.78 is 42.3. The van der Waals surface area contributed by atoms with Gasteiger partial charge >= 0.3 is 0 Å². The van der Waals surface area contributed by atoms with Gasteiger partial charge in [0.15, 0.2) is 17.5 Å². The van der Waals surface area contributed by atoms with Crippen molar-refractivity contribution in [3.63, 3.8) is 0 Å². The van der Waals surface area contributed by atoms with Crippen LogP contribution in [-0.2, 0) is 20.0 Å². The molecule has 1 aliphatic rings. The highest BCUT2D eigenvalue weighted by Gasteiger charge is 2.28. The number of halogens is 3. The molecule has 0 saturated carbocycles. The number of hydrogen-bond acceptors (Lipinski definition) is 3. The number of nitrogens with one attached hydrogen (secondary N) is 1. The summed E-state index contributed by atoms with van der Waals surface area (Å²) in [5.74, 6) is -4.59. The molecule has 0 fully saturated rings. The van der Waals surface area contributed by atoms with E-state index in [4.69, 9.17) is 0 Å². The molecule has 1 aliphatic heterocycles. The lowest BCUT2D eigenvalue weighted by molar-refractivity contribution is 0.0732. The summed E-state index contributed by atoms with van der Waals surface area (Å²) in [5.41, 5.74) is 2.79. The van der Waals surface area contributed by atoms with E-state index < -0.39 is 17.5 Å². The topological polar surface area (TPSA) is 67.2 Å². The predicted octanol–water partition coefficient (Wildman–Crippen LogP) is 4.09. The molecule has 2 amide bonds. The normalized spacial score (nSPS) is 12.5. The average molecular weight is 458 g/mol. The molecule has 4 rings (SSSR count). The van der Waals surface area contributed by atoms with E-state index in [0.29, 0.717) is 35.5 Å². The van der Waals surface area contributed by atoms with Gasteiger partial charge in [-0.3, -0.25) is 14.3 Å². The maximum absolute atomic E-state index is 13.7. The number of benzene rings is 2. The molecular weight excluding hydrogens is 433 g/mol. The fourth-order valence-electron chi connectivity index (χ4n) is 3.87. The van der Waals surface area contributed by atoms with E-state index in [1.165, 1.54) is 17.8 Å². The minimum absolute atomic E-state index is 0.186. The minimum Gasteiger partial charge on any atom is -0.355 e. The molecule has 2 heterocycles. The van der Waals surface area contributed by atoms with Gasteiger partial charge in [0.25, 0.3) is 11.8 Å². The molecule has 0 atom stereocenters. The van der Waals surface area contributed by atoms with Crippen molar-refractivity contribution in [2.24, 2.45) is 7.05 Å². The summed E-state index contributed by atoms with van der Waals surface area (Å²) in [5, 5.41) is 6.94. The van der Waals surface area contributed by atoms with Crippen LogP contribution in [0.25, 0.3) is 11.3 Å². The second-order valence-electron chi connectivity index (χ2n) is 7.29. The number of fused-ring (bicyclic) bond motifs is 1. The van der Waals surface area contributed by atoms with Crippen LogP contribution in [-0.4, -0.2) is 40.1 Å². The summed E-state index contributed by atoms with van der Waals surface area (Å²) in [6, 6.07) is 8.32. The lowest BCUT2D eigenvalue weighted by Gasteiger charge is -2.27. The summed E-state index contributed by atoms with van der Waals surface area (Å²) >= 11 is 0. The van der Waals surface area contributed by atoms with Crippen LogP contribution in [0.1, 0.15) is 45.8 Å². The molecule has 0 saturated heterocycles. The molecular formula is C24H25F3N4O2. The monoisotopic (exact) mass is 458 g/mol. The van der Waals surface area contributed by atoms with Crippen LogP contribution >= 0.6 is 0 Å². The van der Waals surface area contributed by atoms with Gasteiger partial charge in [-0.1, -0.05) is 19.9 Å². The van der Waals surface area contributed by atoms with Crippen molar-refractivity contribution in [2.75, 3.05) is 13.6 Å². The van der Waals surface area contributed by atoms with Gasteiger partial charge in [-0.2, -0.15) is 5.10 Å². The first-order chi connectivity index (χ1) is 15.8. The Morgan fingerprint density at radius 2 is 1.67 bits per heavy atom. The number of hydrogen-bond donors (Lipinski definition) is 1. The highest BCUT2D eigenvalue weighted by Crippen LogP contribution is 2.32. The number of rotatable bonds is 3. The maximum atomic E-state index is 13.7. The molecule has 9 heteroatoms. The number of aryl methyl sites for hydroxylation is 1. The zero-order valence-corrected chi connectivity index (χ0v) is 18.9. The van der Waals surface area contributed by atoms with E-state index >= 15 is 0 Å². The van der Waals surface area contributed by atoms with Crippen LogP contribution < -0.4 is 5.32 Å². The quantitative estimate of drug-likeness (QED) is 0.602. The predicted molar refractivity (Wildman–Crippen MR) is 118 cm³/mol. The lowest BCUT2D eigenvalue weighted by Crippen LogP contribution is -2.36. The largest absolute Gasteiger partial charge is 0.355 e. The summed E-state index contributed by atoms with van der Waals surface area (Å²) in [6.07, 6.45) is 0.417. The molecule has 0 aliphatic carbocycles. The molecule has 1 aromatic heterocycles. The third-order valence-electron chi connectivity index (χ3n) is 5.34. The molecule has 3 aromatic rings. The van der Waals surface area contributed by atoms with Crippen molar-refractivity contribution < 1.29 is 22.8 Å². The molecule has 0 bridgehead atoms. The summed E-state index contributed by atoms with van der Waals surface area (Å²) in [4.78, 5) is 26.4. The zero-order valence-electron chi connectivity index (χ0n) is 18.9. The van der Waals surface area contributed by atoms with Crippen molar-refractivity contribution in [1.82, 2.24) is 20.0 Å². The van der Waals surface area contributed by atoms with Gasteiger partial charge < -0.3 is 10.2 Å². The molecule has 0 unspecified atom stereocenters. The van der Waals surface area contributed by atoms with Gasteiger partial charge in [-0.15, -0.1) is 0 Å². The van der Waals surface area contributed by atoms with Gasteiger partial charge in [-0.25, -0.2) is 13.2 Å². The fraction of sp³-hybridized carbons (Fsp3) is 0.292. The maximum Gasteiger partial charge on any atom is 0.254 e. The number of carbonyl (C=O) groups is 2. The van der Waals surface area contributed by atoms with E-state index in [-0.39, 0.29) is 23.9 Å². The Hall–Kier alpha value is -3.62. The van der Waals surface area contributed by atoms with E-state index in [1.54, 1.807) is 30.1 Å². The second kappa shape index (κ2) is 9.89.